The summed E-state index contributed by atoms with van der Waals surface area (Å²) < 4.78 is 0. The van der Waals surface area contributed by atoms with Crippen LogP contribution >= 0.6 is 0 Å². The molecule has 2 aromatic rings. The molecule has 0 N–H and O–H groups in total. The number of carbonyl (C=O) groups excluding carboxylic acids is 1. The van der Waals surface area contributed by atoms with Crippen LogP contribution in [0.3, 0.4) is 0 Å². The van der Waals surface area contributed by atoms with Crippen LogP contribution in [0.2, 0.25) is 0 Å². The number of aldehydes is 1. The number of hydrogen-bond acceptors (Lipinski definition) is 4. The Morgan fingerprint density at radius 2 is 1.85 bits per heavy atom. The van der Waals surface area contributed by atoms with Gasteiger partial charge < -0.3 is 4.90 Å². The number of nitrogens with zero attached hydrogens (tertiary/aromatic N) is 2. The molecule has 0 spiro atoms. The number of nitro benzene ring substituents is 1. The van der Waals surface area contributed by atoms with E-state index in [4.69, 9.17) is 0 Å². The maximum Gasteiger partial charge on any atom is 0.270 e. The molecule has 0 atom stereocenters. The summed E-state index contributed by atoms with van der Waals surface area (Å²) in [6.45, 7) is 1.97. The summed E-state index contributed by atoms with van der Waals surface area (Å²) in [6.07, 6.45) is 0.636. The molecule has 5 nitrogen and oxygen atoms in total. The molecule has 0 aliphatic carbocycles. The summed E-state index contributed by atoms with van der Waals surface area (Å²) in [5.41, 5.74) is 2.86. The van der Waals surface area contributed by atoms with Crippen molar-refractivity contribution in [3.63, 3.8) is 0 Å². The Kier molecular flexibility index (Phi) is 3.79. The number of nitro groups is 1. The van der Waals surface area contributed by atoms with Gasteiger partial charge in [-0.15, -0.1) is 0 Å². The first-order chi connectivity index (χ1) is 9.54. The number of anilines is 2. The van der Waals surface area contributed by atoms with E-state index in [9.17, 15) is 14.9 Å². The lowest BCUT2D eigenvalue weighted by Crippen LogP contribution is -2.13. The number of benzene rings is 2. The fraction of sp³-hybridized carbons (Fsp3) is 0.133. The van der Waals surface area contributed by atoms with Crippen molar-refractivity contribution in [2.45, 2.75) is 6.92 Å². The van der Waals surface area contributed by atoms with Crippen LogP contribution in [-0.4, -0.2) is 18.3 Å². The van der Waals surface area contributed by atoms with Gasteiger partial charge in [0.1, 0.15) is 0 Å². The Morgan fingerprint density at radius 3 is 2.45 bits per heavy atom. The molecule has 2 aromatic carbocycles. The number of rotatable bonds is 4. The topological polar surface area (TPSA) is 63.4 Å². The van der Waals surface area contributed by atoms with E-state index >= 15 is 0 Å². The molecule has 5 heteroatoms. The highest BCUT2D eigenvalue weighted by Gasteiger charge is 2.15. The molecule has 102 valence electrons. The van der Waals surface area contributed by atoms with Crippen molar-refractivity contribution in [2.24, 2.45) is 0 Å². The molecule has 0 heterocycles. The number of hydrogen-bond donors (Lipinski definition) is 0. The Bertz CT molecular complexity index is 668. The largest absolute Gasteiger partial charge is 0.344 e. The Labute approximate surface area is 116 Å². The number of para-hydroxylation sites is 1. The van der Waals surface area contributed by atoms with Gasteiger partial charge in [-0.3, -0.25) is 14.9 Å². The Morgan fingerprint density at radius 1 is 1.15 bits per heavy atom. The zero-order valence-electron chi connectivity index (χ0n) is 11.2. The zero-order chi connectivity index (χ0) is 14.7. The minimum Gasteiger partial charge on any atom is -0.344 e. The minimum absolute atomic E-state index is 0.0889. The average molecular weight is 270 g/mol. The Hall–Kier alpha value is -2.69. The molecule has 0 aliphatic heterocycles. The first kappa shape index (κ1) is 13.7. The van der Waals surface area contributed by atoms with Gasteiger partial charge in [-0.2, -0.15) is 0 Å². The maximum atomic E-state index is 11.2. The van der Waals surface area contributed by atoms with Gasteiger partial charge in [-0.1, -0.05) is 18.2 Å². The smallest absolute Gasteiger partial charge is 0.270 e. The first-order valence-electron chi connectivity index (χ1n) is 6.07. The van der Waals surface area contributed by atoms with Crippen LogP contribution in [0.15, 0.2) is 42.5 Å². The summed E-state index contributed by atoms with van der Waals surface area (Å²) in [6, 6.07) is 12.0. The molecule has 0 amide bonds. The van der Waals surface area contributed by atoms with Gasteiger partial charge in [0.25, 0.3) is 5.69 Å². The molecule has 0 aliphatic rings. The van der Waals surface area contributed by atoms with E-state index in [-0.39, 0.29) is 5.69 Å². The molecule has 2 rings (SSSR count). The van der Waals surface area contributed by atoms with E-state index in [1.165, 1.54) is 12.1 Å². The van der Waals surface area contributed by atoms with E-state index in [1.54, 1.807) is 6.07 Å². The van der Waals surface area contributed by atoms with Gasteiger partial charge in [0.15, 0.2) is 6.29 Å². The highest BCUT2D eigenvalue weighted by atomic mass is 16.6. The monoisotopic (exact) mass is 270 g/mol. The van der Waals surface area contributed by atoms with Crippen LogP contribution in [0.5, 0.6) is 0 Å². The molecule has 0 radical (unpaired) electrons. The lowest BCUT2D eigenvalue weighted by molar-refractivity contribution is -0.384. The lowest BCUT2D eigenvalue weighted by Gasteiger charge is -2.22. The van der Waals surface area contributed by atoms with E-state index in [2.05, 4.69) is 0 Å². The zero-order valence-corrected chi connectivity index (χ0v) is 11.2. The van der Waals surface area contributed by atoms with Gasteiger partial charge in [0.2, 0.25) is 0 Å². The second-order valence-corrected chi connectivity index (χ2v) is 4.46. The van der Waals surface area contributed by atoms with Crippen molar-refractivity contribution < 1.29 is 9.72 Å². The maximum absolute atomic E-state index is 11.2. The molecule has 0 fully saturated rings. The van der Waals surface area contributed by atoms with Gasteiger partial charge in [0.05, 0.1) is 10.6 Å². The van der Waals surface area contributed by atoms with Crippen molar-refractivity contribution in [1.82, 2.24) is 0 Å². The van der Waals surface area contributed by atoms with Gasteiger partial charge in [-0.25, -0.2) is 0 Å². The standard InChI is InChI=1S/C15H14N2O3/c1-11-5-3-4-6-14(11)16(2)15-8-7-13(17(19)20)9-12(15)10-18/h3-10H,1-2H3. The average Bonchev–Trinajstić information content (AvgIpc) is 2.46. The second kappa shape index (κ2) is 5.52. The predicted molar refractivity (Wildman–Crippen MR) is 77.7 cm³/mol. The number of carbonyl (C=O) groups is 1. The van der Waals surface area contributed by atoms with Crippen LogP contribution < -0.4 is 4.90 Å². The Balaban J connectivity index is 2.50. The fourth-order valence-corrected chi connectivity index (χ4v) is 2.12. The normalized spacial score (nSPS) is 10.1. The van der Waals surface area contributed by atoms with E-state index in [1.807, 2.05) is 43.1 Å². The van der Waals surface area contributed by atoms with Crippen molar-refractivity contribution >= 4 is 23.3 Å². The van der Waals surface area contributed by atoms with Crippen molar-refractivity contribution in [3.05, 3.63) is 63.7 Å². The van der Waals surface area contributed by atoms with Crippen molar-refractivity contribution in [2.75, 3.05) is 11.9 Å². The molecular weight excluding hydrogens is 256 g/mol. The van der Waals surface area contributed by atoms with Gasteiger partial charge in [-0.05, 0) is 24.6 Å². The van der Waals surface area contributed by atoms with Gasteiger partial charge in [0, 0.05) is 30.4 Å². The first-order valence-corrected chi connectivity index (χ1v) is 6.07. The van der Waals surface area contributed by atoms with E-state index in [0.29, 0.717) is 17.5 Å². The summed E-state index contributed by atoms with van der Waals surface area (Å²) in [5.74, 6) is 0. The fourth-order valence-electron chi connectivity index (χ4n) is 2.12. The summed E-state index contributed by atoms with van der Waals surface area (Å²) in [4.78, 5) is 23.3. The lowest BCUT2D eigenvalue weighted by atomic mass is 10.1. The number of non-ortho nitro benzene ring substituents is 1. The summed E-state index contributed by atoms with van der Waals surface area (Å²) >= 11 is 0. The molecule has 0 saturated heterocycles. The van der Waals surface area contributed by atoms with Crippen LogP contribution in [0.1, 0.15) is 15.9 Å². The predicted octanol–water partition coefficient (Wildman–Crippen LogP) is 3.48. The SMILES string of the molecule is Cc1ccccc1N(C)c1ccc([N+](=O)[O-])cc1C=O. The molecular formula is C15H14N2O3. The van der Waals surface area contributed by atoms with Crippen LogP contribution in [0.25, 0.3) is 0 Å². The second-order valence-electron chi connectivity index (χ2n) is 4.46. The number of aryl methyl sites for hydroxylation is 1. The van der Waals surface area contributed by atoms with E-state index in [0.717, 1.165) is 11.3 Å². The third-order valence-corrected chi connectivity index (χ3v) is 3.19. The molecule has 20 heavy (non-hydrogen) atoms. The third kappa shape index (κ3) is 2.51. The molecule has 0 bridgehead atoms. The van der Waals surface area contributed by atoms with Crippen molar-refractivity contribution in [3.8, 4) is 0 Å². The minimum atomic E-state index is -0.509. The van der Waals surface area contributed by atoms with E-state index < -0.39 is 4.92 Å². The molecule has 0 saturated carbocycles. The summed E-state index contributed by atoms with van der Waals surface area (Å²) in [5, 5.41) is 10.8. The van der Waals surface area contributed by atoms with Crippen LogP contribution in [0, 0.1) is 17.0 Å². The molecule has 0 unspecified atom stereocenters. The summed E-state index contributed by atoms with van der Waals surface area (Å²) in [7, 11) is 1.83. The van der Waals surface area contributed by atoms with Crippen LogP contribution in [-0.2, 0) is 0 Å². The quantitative estimate of drug-likeness (QED) is 0.484. The molecule has 0 aromatic heterocycles. The van der Waals surface area contributed by atoms with Crippen molar-refractivity contribution in [1.29, 1.82) is 0 Å². The highest BCUT2D eigenvalue weighted by Crippen LogP contribution is 2.30. The highest BCUT2D eigenvalue weighted by molar-refractivity contribution is 5.88. The van der Waals surface area contributed by atoms with Gasteiger partial charge >= 0.3 is 0 Å². The third-order valence-electron chi connectivity index (χ3n) is 3.19. The van der Waals surface area contributed by atoms with Crippen LogP contribution in [0.4, 0.5) is 17.1 Å².